The van der Waals surface area contributed by atoms with Crippen LogP contribution in [0.2, 0.25) is 0 Å². The number of amides is 1. The van der Waals surface area contributed by atoms with E-state index in [2.05, 4.69) is 9.97 Å². The molecule has 0 radical (unpaired) electrons. The second-order valence-corrected chi connectivity index (χ2v) is 9.11. The molecule has 1 fully saturated rings. The lowest BCUT2D eigenvalue weighted by atomic mass is 9.96. The van der Waals surface area contributed by atoms with Crippen molar-refractivity contribution in [3.63, 3.8) is 0 Å². The van der Waals surface area contributed by atoms with Gasteiger partial charge in [0.2, 0.25) is 0 Å². The average Bonchev–Trinajstić information content (AvgIpc) is 3.38. The summed E-state index contributed by atoms with van der Waals surface area (Å²) >= 11 is 1.32. The van der Waals surface area contributed by atoms with E-state index in [0.29, 0.717) is 22.0 Å². The number of fused-ring (bicyclic) bond motifs is 1. The summed E-state index contributed by atoms with van der Waals surface area (Å²) in [6.45, 7) is 3.85. The molecule has 5 rings (SSSR count). The van der Waals surface area contributed by atoms with Gasteiger partial charge in [0, 0.05) is 18.0 Å². The van der Waals surface area contributed by atoms with Crippen molar-refractivity contribution in [2.45, 2.75) is 26.0 Å². The molecular formula is C26H21N3O4S. The molecule has 8 heteroatoms. The van der Waals surface area contributed by atoms with Crippen molar-refractivity contribution < 1.29 is 19.4 Å². The molecular weight excluding hydrogens is 450 g/mol. The first-order chi connectivity index (χ1) is 16.4. The van der Waals surface area contributed by atoms with Gasteiger partial charge in [0.15, 0.2) is 5.13 Å². The molecule has 1 unspecified atom stereocenters. The lowest BCUT2D eigenvalue weighted by Crippen LogP contribution is -2.29. The van der Waals surface area contributed by atoms with Crippen molar-refractivity contribution in [1.82, 2.24) is 9.97 Å². The summed E-state index contributed by atoms with van der Waals surface area (Å²) in [6.07, 6.45) is 3.18. The van der Waals surface area contributed by atoms with Crippen LogP contribution >= 0.6 is 11.3 Å². The first-order valence-electron chi connectivity index (χ1n) is 10.8. The summed E-state index contributed by atoms with van der Waals surface area (Å²) < 4.78 is 6.56. The topological polar surface area (TPSA) is 92.6 Å². The third-order valence-electron chi connectivity index (χ3n) is 5.45. The Kier molecular flexibility index (Phi) is 5.59. The van der Waals surface area contributed by atoms with Crippen LogP contribution in [0.15, 0.2) is 78.6 Å². The molecule has 7 nitrogen and oxygen atoms in total. The number of carbonyl (C=O) groups is 2. The van der Waals surface area contributed by atoms with Gasteiger partial charge in [-0.1, -0.05) is 23.5 Å². The highest BCUT2D eigenvalue weighted by Gasteiger charge is 2.48. The first-order valence-corrected chi connectivity index (χ1v) is 11.6. The number of carbonyl (C=O) groups excluding carboxylic acids is 2. The minimum Gasteiger partial charge on any atom is -0.507 e. The van der Waals surface area contributed by atoms with E-state index in [4.69, 9.17) is 4.74 Å². The van der Waals surface area contributed by atoms with Crippen LogP contribution in [0, 0.1) is 0 Å². The van der Waals surface area contributed by atoms with E-state index >= 15 is 0 Å². The number of anilines is 1. The number of para-hydroxylation sites is 1. The van der Waals surface area contributed by atoms with Crippen LogP contribution in [-0.4, -0.2) is 32.9 Å². The molecule has 1 N–H and O–H groups in total. The number of aliphatic hydroxyl groups is 1. The highest BCUT2D eigenvalue weighted by Crippen LogP contribution is 2.44. The third-order valence-corrected chi connectivity index (χ3v) is 6.49. The standard InChI is InChI=1S/C26H21N3O4S/c1-15(2)33-18-9-7-17(8-10-18)23(30)21-22(16-11-13-27-14-12-16)29(25(32)24(21)31)26-28-19-5-3-4-6-20(19)34-26/h3-15,22,30H,1-2H3/b23-21+. The Labute approximate surface area is 200 Å². The fourth-order valence-corrected chi connectivity index (χ4v) is 4.97. The van der Waals surface area contributed by atoms with Crippen molar-refractivity contribution in [2.75, 3.05) is 4.90 Å². The van der Waals surface area contributed by atoms with Crippen LogP contribution in [0.25, 0.3) is 16.0 Å². The van der Waals surface area contributed by atoms with E-state index in [1.165, 1.54) is 16.2 Å². The van der Waals surface area contributed by atoms with Gasteiger partial charge in [0.05, 0.1) is 27.9 Å². The molecule has 2 aromatic carbocycles. The fraction of sp³-hybridized carbons (Fsp3) is 0.154. The molecule has 1 saturated heterocycles. The molecule has 34 heavy (non-hydrogen) atoms. The van der Waals surface area contributed by atoms with Crippen molar-refractivity contribution in [2.24, 2.45) is 0 Å². The predicted octanol–water partition coefficient (Wildman–Crippen LogP) is 5.10. The van der Waals surface area contributed by atoms with Crippen molar-refractivity contribution >= 4 is 44.1 Å². The number of nitrogens with zero attached hydrogens (tertiary/aromatic N) is 3. The molecule has 1 aliphatic heterocycles. The normalized spacial score (nSPS) is 17.6. The first kappa shape index (κ1) is 21.8. The zero-order valence-corrected chi connectivity index (χ0v) is 19.3. The Morgan fingerprint density at radius 1 is 1.03 bits per heavy atom. The quantitative estimate of drug-likeness (QED) is 0.247. The molecule has 0 bridgehead atoms. The Bertz CT molecular complexity index is 1380. The number of ketones is 1. The zero-order chi connectivity index (χ0) is 23.8. The molecule has 0 saturated carbocycles. The summed E-state index contributed by atoms with van der Waals surface area (Å²) in [4.78, 5) is 36.5. The van der Waals surface area contributed by atoms with E-state index in [0.717, 1.165) is 10.2 Å². The van der Waals surface area contributed by atoms with Gasteiger partial charge >= 0.3 is 5.91 Å². The Hall–Kier alpha value is -4.04. The van der Waals surface area contributed by atoms with E-state index in [-0.39, 0.29) is 17.4 Å². The molecule has 0 aliphatic carbocycles. The molecule has 4 aromatic rings. The number of aliphatic hydroxyl groups excluding tert-OH is 1. The number of aromatic nitrogens is 2. The van der Waals surface area contributed by atoms with Crippen LogP contribution in [0.3, 0.4) is 0 Å². The number of hydrogen-bond acceptors (Lipinski definition) is 7. The number of benzene rings is 2. The fourth-order valence-electron chi connectivity index (χ4n) is 3.97. The van der Waals surface area contributed by atoms with Crippen LogP contribution in [0.1, 0.15) is 31.0 Å². The number of ether oxygens (including phenoxy) is 1. The van der Waals surface area contributed by atoms with E-state index in [1.807, 2.05) is 38.1 Å². The van der Waals surface area contributed by atoms with Gasteiger partial charge in [-0.2, -0.15) is 0 Å². The number of rotatable bonds is 5. The summed E-state index contributed by atoms with van der Waals surface area (Å²) in [5, 5.41) is 11.6. The van der Waals surface area contributed by atoms with Crippen LogP contribution in [0.5, 0.6) is 5.75 Å². The highest BCUT2D eigenvalue weighted by molar-refractivity contribution is 7.22. The molecule has 1 amide bonds. The van der Waals surface area contributed by atoms with Gasteiger partial charge in [-0.05, 0) is 67.9 Å². The smallest absolute Gasteiger partial charge is 0.301 e. The Balaban J connectivity index is 1.65. The zero-order valence-electron chi connectivity index (χ0n) is 18.5. The van der Waals surface area contributed by atoms with Crippen LogP contribution in [-0.2, 0) is 9.59 Å². The second kappa shape index (κ2) is 8.72. The molecule has 170 valence electrons. The highest BCUT2D eigenvalue weighted by atomic mass is 32.1. The Morgan fingerprint density at radius 2 is 1.74 bits per heavy atom. The van der Waals surface area contributed by atoms with Crippen LogP contribution < -0.4 is 9.64 Å². The maximum absolute atomic E-state index is 13.3. The summed E-state index contributed by atoms with van der Waals surface area (Å²) in [5.41, 5.74) is 1.80. The minimum atomic E-state index is -0.838. The van der Waals surface area contributed by atoms with E-state index in [9.17, 15) is 14.7 Å². The molecule has 1 aliphatic rings. The average molecular weight is 472 g/mol. The van der Waals surface area contributed by atoms with Gasteiger partial charge in [-0.3, -0.25) is 19.5 Å². The number of thiazole rings is 1. The van der Waals surface area contributed by atoms with E-state index < -0.39 is 17.7 Å². The lowest BCUT2D eigenvalue weighted by molar-refractivity contribution is -0.132. The summed E-state index contributed by atoms with van der Waals surface area (Å²) in [6, 6.07) is 16.9. The van der Waals surface area contributed by atoms with Crippen molar-refractivity contribution in [3.05, 3.63) is 89.8 Å². The maximum Gasteiger partial charge on any atom is 0.301 e. The largest absolute Gasteiger partial charge is 0.507 e. The molecule has 0 spiro atoms. The van der Waals surface area contributed by atoms with Crippen molar-refractivity contribution in [1.29, 1.82) is 0 Å². The molecule has 1 atom stereocenters. The molecule has 3 heterocycles. The second-order valence-electron chi connectivity index (χ2n) is 8.10. The number of Topliss-reactive ketones (excluding diaryl/α,β-unsaturated/α-hetero) is 1. The van der Waals surface area contributed by atoms with Crippen LogP contribution in [0.4, 0.5) is 5.13 Å². The van der Waals surface area contributed by atoms with Gasteiger partial charge < -0.3 is 9.84 Å². The number of hydrogen-bond donors (Lipinski definition) is 1. The van der Waals surface area contributed by atoms with Gasteiger partial charge in [-0.15, -0.1) is 0 Å². The summed E-state index contributed by atoms with van der Waals surface area (Å²) in [7, 11) is 0. The van der Waals surface area contributed by atoms with E-state index in [1.54, 1.807) is 48.8 Å². The number of pyridine rings is 1. The summed E-state index contributed by atoms with van der Waals surface area (Å²) in [5.74, 6) is -1.10. The third kappa shape index (κ3) is 3.82. The van der Waals surface area contributed by atoms with Crippen molar-refractivity contribution in [3.8, 4) is 5.75 Å². The molecule has 2 aromatic heterocycles. The predicted molar refractivity (Wildman–Crippen MR) is 131 cm³/mol. The van der Waals surface area contributed by atoms with Gasteiger partial charge in [0.25, 0.3) is 5.78 Å². The Morgan fingerprint density at radius 3 is 2.41 bits per heavy atom. The monoisotopic (exact) mass is 471 g/mol. The minimum absolute atomic E-state index is 0.00488. The van der Waals surface area contributed by atoms with Gasteiger partial charge in [-0.25, -0.2) is 4.98 Å². The van der Waals surface area contributed by atoms with Gasteiger partial charge in [0.1, 0.15) is 11.5 Å². The lowest BCUT2D eigenvalue weighted by Gasteiger charge is -2.22. The SMILES string of the molecule is CC(C)Oc1ccc(/C(O)=C2\C(=O)C(=O)N(c3nc4ccccc4s3)C2c2ccncc2)cc1. The maximum atomic E-state index is 13.3.